The minimum atomic E-state index is -0.553. The topological polar surface area (TPSA) is 91.6 Å². The third-order valence-electron chi connectivity index (χ3n) is 3.26. The third kappa shape index (κ3) is 3.22. The van der Waals surface area contributed by atoms with Crippen LogP contribution in [0.15, 0.2) is 12.3 Å². The van der Waals surface area contributed by atoms with E-state index in [2.05, 4.69) is 10.3 Å². The van der Waals surface area contributed by atoms with Gasteiger partial charge in [-0.2, -0.15) is 0 Å². The Kier molecular flexibility index (Phi) is 4.59. The molecule has 0 aliphatic carbocycles. The van der Waals surface area contributed by atoms with E-state index in [-0.39, 0.29) is 16.6 Å². The summed E-state index contributed by atoms with van der Waals surface area (Å²) in [5.41, 5.74) is -0.172. The van der Waals surface area contributed by atoms with Crippen molar-refractivity contribution in [3.8, 4) is 0 Å². The number of amides is 1. The van der Waals surface area contributed by atoms with Gasteiger partial charge in [0, 0.05) is 39.8 Å². The van der Waals surface area contributed by atoms with Gasteiger partial charge in [0.15, 0.2) is 0 Å². The Morgan fingerprint density at radius 2 is 2.33 bits per heavy atom. The quantitative estimate of drug-likeness (QED) is 0.646. The van der Waals surface area contributed by atoms with Crippen LogP contribution < -0.4 is 10.2 Å². The Morgan fingerprint density at radius 1 is 1.62 bits per heavy atom. The molecule has 0 aromatic carbocycles. The van der Waals surface area contributed by atoms with Crippen LogP contribution in [0.25, 0.3) is 0 Å². The van der Waals surface area contributed by atoms with Crippen molar-refractivity contribution in [3.63, 3.8) is 0 Å². The van der Waals surface area contributed by atoms with Gasteiger partial charge in [0.2, 0.25) is 5.91 Å². The monoisotopic (exact) mass is 313 g/mol. The number of aromatic nitrogens is 1. The summed E-state index contributed by atoms with van der Waals surface area (Å²) in [5.74, 6) is 0.322. The summed E-state index contributed by atoms with van der Waals surface area (Å²) >= 11 is 6.10. The lowest BCUT2D eigenvalue weighted by molar-refractivity contribution is -0.385. The molecule has 0 radical (unpaired) electrons. The van der Waals surface area contributed by atoms with Crippen LogP contribution in [0.5, 0.6) is 0 Å². The molecule has 1 unspecified atom stereocenters. The number of carbonyl (C=O) groups is 1. The van der Waals surface area contributed by atoms with Crippen molar-refractivity contribution in [1.82, 2.24) is 15.2 Å². The Morgan fingerprint density at radius 3 is 2.90 bits per heavy atom. The number of hydrogen-bond acceptors (Lipinski definition) is 6. The van der Waals surface area contributed by atoms with Crippen molar-refractivity contribution in [1.29, 1.82) is 0 Å². The maximum Gasteiger partial charge on any atom is 0.289 e. The molecule has 9 heteroatoms. The molecule has 1 aromatic rings. The van der Waals surface area contributed by atoms with E-state index in [1.807, 2.05) is 0 Å². The summed E-state index contributed by atoms with van der Waals surface area (Å²) in [6, 6.07) is 0.823. The minimum absolute atomic E-state index is 0.0709. The van der Waals surface area contributed by atoms with E-state index in [0.717, 1.165) is 6.20 Å². The summed E-state index contributed by atoms with van der Waals surface area (Å²) < 4.78 is 0. The highest BCUT2D eigenvalue weighted by Gasteiger charge is 2.32. The van der Waals surface area contributed by atoms with Crippen LogP contribution in [0.2, 0.25) is 5.02 Å². The predicted molar refractivity (Wildman–Crippen MR) is 78.6 cm³/mol. The molecule has 2 heterocycles. The van der Waals surface area contributed by atoms with Crippen molar-refractivity contribution < 1.29 is 9.72 Å². The molecular weight excluding hydrogens is 298 g/mol. The van der Waals surface area contributed by atoms with Crippen molar-refractivity contribution >= 4 is 29.0 Å². The standard InChI is InChI=1S/C12H16ClN5O3/c1-16(2)12(19)10-7-14-3-4-17(10)11-9(13)5-8(6-15-11)18(20)21/h5-6,10,14H,3-4,7H2,1-2H3. The van der Waals surface area contributed by atoms with Gasteiger partial charge >= 0.3 is 0 Å². The number of nitrogens with zero attached hydrogens (tertiary/aromatic N) is 4. The fourth-order valence-corrected chi connectivity index (χ4v) is 2.48. The largest absolute Gasteiger partial charge is 0.347 e. The molecule has 1 aliphatic rings. The molecule has 1 atom stereocenters. The lowest BCUT2D eigenvalue weighted by Crippen LogP contribution is -2.58. The average Bonchev–Trinajstić information content (AvgIpc) is 2.46. The molecule has 1 amide bonds. The van der Waals surface area contributed by atoms with Gasteiger partial charge in [-0.1, -0.05) is 11.6 Å². The summed E-state index contributed by atoms with van der Waals surface area (Å²) in [6.07, 6.45) is 1.15. The van der Waals surface area contributed by atoms with Gasteiger partial charge < -0.3 is 15.1 Å². The first-order valence-electron chi connectivity index (χ1n) is 6.40. The Bertz CT molecular complexity index is 566. The Labute approximate surface area is 126 Å². The van der Waals surface area contributed by atoms with Crippen LogP contribution >= 0.6 is 11.6 Å². The van der Waals surface area contributed by atoms with Crippen LogP contribution in [0.4, 0.5) is 11.5 Å². The van der Waals surface area contributed by atoms with E-state index < -0.39 is 11.0 Å². The second-order valence-corrected chi connectivity index (χ2v) is 5.31. The molecule has 0 spiro atoms. The molecule has 114 valence electrons. The van der Waals surface area contributed by atoms with E-state index in [1.165, 1.54) is 11.0 Å². The number of nitro groups is 1. The summed E-state index contributed by atoms with van der Waals surface area (Å²) in [5, 5.41) is 14.0. The molecule has 1 aliphatic heterocycles. The second kappa shape index (κ2) is 6.23. The average molecular weight is 314 g/mol. The van der Waals surface area contributed by atoms with Gasteiger partial charge in [0.25, 0.3) is 5.69 Å². The van der Waals surface area contributed by atoms with Crippen LogP contribution in [0.1, 0.15) is 0 Å². The highest BCUT2D eigenvalue weighted by atomic mass is 35.5. The van der Waals surface area contributed by atoms with E-state index >= 15 is 0 Å². The van der Waals surface area contributed by atoms with Gasteiger partial charge in [-0.25, -0.2) is 4.98 Å². The number of halogens is 1. The predicted octanol–water partition coefficient (Wildman–Crippen LogP) is 0.510. The molecular formula is C12H16ClN5O3. The van der Waals surface area contributed by atoms with Crippen molar-refractivity contribution in [2.45, 2.75) is 6.04 Å². The molecule has 1 N–H and O–H groups in total. The molecule has 1 saturated heterocycles. The van der Waals surface area contributed by atoms with Gasteiger partial charge in [0.1, 0.15) is 18.1 Å². The van der Waals surface area contributed by atoms with Crippen LogP contribution in [-0.4, -0.2) is 60.5 Å². The SMILES string of the molecule is CN(C)C(=O)C1CNCCN1c1ncc([N+](=O)[O-])cc1Cl. The first-order chi connectivity index (χ1) is 9.91. The number of anilines is 1. The van der Waals surface area contributed by atoms with Crippen LogP contribution in [0.3, 0.4) is 0 Å². The molecule has 1 aromatic heterocycles. The normalized spacial score (nSPS) is 18.4. The van der Waals surface area contributed by atoms with Crippen molar-refractivity contribution in [3.05, 3.63) is 27.4 Å². The molecule has 1 fully saturated rings. The zero-order valence-corrected chi connectivity index (χ0v) is 12.5. The zero-order valence-electron chi connectivity index (χ0n) is 11.7. The molecule has 21 heavy (non-hydrogen) atoms. The van der Waals surface area contributed by atoms with Crippen LogP contribution in [0, 0.1) is 10.1 Å². The number of likely N-dealkylation sites (N-methyl/N-ethyl adjacent to an activating group) is 1. The van der Waals surface area contributed by atoms with Crippen LogP contribution in [-0.2, 0) is 4.79 Å². The fraction of sp³-hybridized carbons (Fsp3) is 0.500. The van der Waals surface area contributed by atoms with E-state index in [1.54, 1.807) is 19.0 Å². The lowest BCUT2D eigenvalue weighted by Gasteiger charge is -2.37. The lowest BCUT2D eigenvalue weighted by atomic mass is 10.1. The number of nitrogens with one attached hydrogen (secondary N) is 1. The maximum absolute atomic E-state index is 12.2. The molecule has 0 bridgehead atoms. The van der Waals surface area contributed by atoms with E-state index in [4.69, 9.17) is 11.6 Å². The fourth-order valence-electron chi connectivity index (χ4n) is 2.21. The number of hydrogen-bond donors (Lipinski definition) is 1. The Balaban J connectivity index is 2.33. The number of carbonyl (C=O) groups excluding carboxylic acids is 1. The van der Waals surface area contributed by atoms with E-state index in [0.29, 0.717) is 25.5 Å². The van der Waals surface area contributed by atoms with Crippen molar-refractivity contribution in [2.24, 2.45) is 0 Å². The maximum atomic E-state index is 12.2. The van der Waals surface area contributed by atoms with E-state index in [9.17, 15) is 14.9 Å². The smallest absolute Gasteiger partial charge is 0.289 e. The summed E-state index contributed by atoms with van der Waals surface area (Å²) in [4.78, 5) is 29.8. The molecule has 2 rings (SSSR count). The molecule has 0 saturated carbocycles. The van der Waals surface area contributed by atoms with Gasteiger partial charge in [-0.15, -0.1) is 0 Å². The third-order valence-corrected chi connectivity index (χ3v) is 3.54. The van der Waals surface area contributed by atoms with Gasteiger partial charge in [0.05, 0.1) is 9.95 Å². The van der Waals surface area contributed by atoms with Gasteiger partial charge in [-0.05, 0) is 0 Å². The zero-order chi connectivity index (χ0) is 15.6. The number of rotatable bonds is 3. The first-order valence-corrected chi connectivity index (χ1v) is 6.78. The highest BCUT2D eigenvalue weighted by molar-refractivity contribution is 6.33. The molecule has 8 nitrogen and oxygen atoms in total. The summed E-state index contributed by atoms with van der Waals surface area (Å²) in [6.45, 7) is 1.72. The van der Waals surface area contributed by atoms with Gasteiger partial charge in [-0.3, -0.25) is 14.9 Å². The number of pyridine rings is 1. The number of piperazine rings is 1. The second-order valence-electron chi connectivity index (χ2n) is 4.90. The Hall–Kier alpha value is -1.93. The summed E-state index contributed by atoms with van der Waals surface area (Å²) in [7, 11) is 3.36. The first kappa shape index (κ1) is 15.5. The minimum Gasteiger partial charge on any atom is -0.347 e. The highest BCUT2D eigenvalue weighted by Crippen LogP contribution is 2.29. The van der Waals surface area contributed by atoms with Crippen molar-refractivity contribution in [2.75, 3.05) is 38.6 Å².